The second kappa shape index (κ2) is 17.1. The van der Waals surface area contributed by atoms with Crippen LogP contribution in [-0.2, 0) is 41.2 Å². The lowest BCUT2D eigenvalue weighted by Crippen LogP contribution is -2.59. The quantitative estimate of drug-likeness (QED) is 0.146. The fraction of sp³-hybridized carbons (Fsp3) is 0.388. The molecule has 4 aliphatic rings. The molecule has 3 aromatic carbocycles. The first-order chi connectivity index (χ1) is 32.3. The molecule has 1 amide bonds. The van der Waals surface area contributed by atoms with Crippen LogP contribution in [-0.4, -0.2) is 124 Å². The summed E-state index contributed by atoms with van der Waals surface area (Å²) in [7, 11) is 0. The van der Waals surface area contributed by atoms with E-state index < -0.39 is 23.4 Å². The number of amides is 1. The molecule has 7 heterocycles. The average Bonchev–Trinajstić information content (AvgIpc) is 3.90. The average molecular weight is 912 g/mol. The molecule has 4 N–H and O–H groups in total. The van der Waals surface area contributed by atoms with Gasteiger partial charge in [0.2, 0.25) is 0 Å². The topological polar surface area (TPSA) is 212 Å². The molecular weight excluding hydrogens is 859 g/mol. The highest BCUT2D eigenvalue weighted by Gasteiger charge is 2.45. The van der Waals surface area contributed by atoms with Gasteiger partial charge in [-0.1, -0.05) is 39.8 Å². The Labute approximate surface area is 385 Å². The Balaban J connectivity index is 0.744. The van der Waals surface area contributed by atoms with Crippen molar-refractivity contribution in [3.05, 3.63) is 115 Å². The van der Waals surface area contributed by atoms with Crippen LogP contribution in [0.5, 0.6) is 17.2 Å². The molecule has 2 fully saturated rings. The van der Waals surface area contributed by atoms with Crippen LogP contribution in [0.1, 0.15) is 73.4 Å². The van der Waals surface area contributed by atoms with Gasteiger partial charge < -0.3 is 34.3 Å². The van der Waals surface area contributed by atoms with E-state index in [4.69, 9.17) is 14.5 Å². The number of hydrogen-bond donors (Lipinski definition) is 4. The van der Waals surface area contributed by atoms with Gasteiger partial charge in [0, 0.05) is 81.5 Å². The van der Waals surface area contributed by atoms with Crippen molar-refractivity contribution in [3.8, 4) is 45.7 Å². The van der Waals surface area contributed by atoms with Crippen LogP contribution >= 0.6 is 0 Å². The second-order valence-electron chi connectivity index (χ2n) is 18.0. The number of nitrogens with one attached hydrogen (secondary N) is 1. The smallest absolute Gasteiger partial charge is 0.415 e. The van der Waals surface area contributed by atoms with Crippen molar-refractivity contribution in [1.82, 2.24) is 44.1 Å². The molecule has 0 radical (unpaired) electrons. The van der Waals surface area contributed by atoms with E-state index in [9.17, 15) is 34.5 Å². The van der Waals surface area contributed by atoms with Gasteiger partial charge in [-0.25, -0.2) is 39.1 Å². The maximum atomic E-state index is 13.7. The molecule has 18 heteroatoms. The van der Waals surface area contributed by atoms with E-state index >= 15 is 0 Å². The number of piperazine rings is 2. The number of esters is 1. The van der Waals surface area contributed by atoms with Gasteiger partial charge in [-0.15, -0.1) is 0 Å². The number of benzene rings is 3. The van der Waals surface area contributed by atoms with Gasteiger partial charge in [0.25, 0.3) is 5.56 Å². The molecule has 67 heavy (non-hydrogen) atoms. The largest absolute Gasteiger partial charge is 0.508 e. The number of phenolic OH excluding ortho intramolecular Hbond substituents is 2. The van der Waals surface area contributed by atoms with E-state index in [1.54, 1.807) is 34.6 Å². The van der Waals surface area contributed by atoms with Crippen molar-refractivity contribution in [1.29, 1.82) is 0 Å². The summed E-state index contributed by atoms with van der Waals surface area (Å²) >= 11 is 0. The number of phenols is 2. The number of aryl methyl sites for hydroxylation is 1. The summed E-state index contributed by atoms with van der Waals surface area (Å²) in [5.74, 6) is -0.298. The molecule has 4 aliphatic heterocycles. The number of rotatable bonds is 9. The summed E-state index contributed by atoms with van der Waals surface area (Å²) in [4.78, 5) is 61.9. The highest BCUT2D eigenvalue weighted by atomic mass is 16.6. The number of carbonyl (C=O) groups excluding carboxylic acids is 2. The lowest BCUT2D eigenvalue weighted by molar-refractivity contribution is -0.172. The number of aromatic nitrogens is 5. The lowest BCUT2D eigenvalue weighted by atomic mass is 9.86. The first-order valence-corrected chi connectivity index (χ1v) is 22.9. The second-order valence-corrected chi connectivity index (χ2v) is 18.0. The maximum Gasteiger partial charge on any atom is 0.415 e. The van der Waals surface area contributed by atoms with Gasteiger partial charge in [-0.3, -0.25) is 9.69 Å². The van der Waals surface area contributed by atoms with Gasteiger partial charge in [-0.2, -0.15) is 5.10 Å². The van der Waals surface area contributed by atoms with Crippen molar-refractivity contribution in [3.63, 3.8) is 0 Å². The molecule has 0 aliphatic carbocycles. The van der Waals surface area contributed by atoms with Crippen molar-refractivity contribution in [2.24, 2.45) is 0 Å². The number of pyridine rings is 2. The molecule has 10 rings (SSSR count). The van der Waals surface area contributed by atoms with Crippen molar-refractivity contribution < 1.29 is 34.4 Å². The number of aromatic hydroxyl groups is 2. The summed E-state index contributed by atoms with van der Waals surface area (Å²) in [6, 6.07) is 17.8. The number of nitrogens with zero attached hydrogens (tertiary/aromatic N) is 8. The number of hydrazine groups is 1. The van der Waals surface area contributed by atoms with Gasteiger partial charge in [0.15, 0.2) is 11.4 Å². The lowest BCUT2D eigenvalue weighted by Gasteiger charge is -2.44. The Morgan fingerprint density at radius 2 is 1.60 bits per heavy atom. The summed E-state index contributed by atoms with van der Waals surface area (Å²) < 4.78 is 14.2. The molecule has 0 spiro atoms. The van der Waals surface area contributed by atoms with Crippen LogP contribution in [0.4, 0.5) is 4.79 Å². The first kappa shape index (κ1) is 44.0. The summed E-state index contributed by atoms with van der Waals surface area (Å²) in [6.07, 6.45) is 0.286. The minimum absolute atomic E-state index is 0.00756. The molecular formula is C49H53N9O9. The minimum Gasteiger partial charge on any atom is -0.508 e. The van der Waals surface area contributed by atoms with Gasteiger partial charge in [0.05, 0.1) is 40.3 Å². The van der Waals surface area contributed by atoms with E-state index in [0.717, 1.165) is 54.8 Å². The van der Waals surface area contributed by atoms with Crippen LogP contribution in [0, 0.1) is 0 Å². The molecule has 2 saturated heterocycles. The zero-order valence-electron chi connectivity index (χ0n) is 37.9. The van der Waals surface area contributed by atoms with E-state index in [-0.39, 0.29) is 59.5 Å². The molecule has 0 saturated carbocycles. The SMILES string of the molecule is CCc1c2c(nc3ccc(OC(=O)N4CCN(N5CCN(Cc6ccc(-n7c(-c8cc(C(C)C)c(O)cc8O)n[nH]c7=O)cc6)CC5)CC4)cc13)-c1cc3c(c(=O)n1C2)COC(=O)C3(O)CC. The zero-order valence-corrected chi connectivity index (χ0v) is 37.9. The first-order valence-electron chi connectivity index (χ1n) is 22.9. The number of cyclic esters (lactones) is 1. The minimum atomic E-state index is -1.90. The Kier molecular flexibility index (Phi) is 11.2. The van der Waals surface area contributed by atoms with Gasteiger partial charge >= 0.3 is 17.8 Å². The van der Waals surface area contributed by atoms with Crippen molar-refractivity contribution >= 4 is 23.0 Å². The summed E-state index contributed by atoms with van der Waals surface area (Å²) in [5.41, 5.74) is 4.30. The monoisotopic (exact) mass is 911 g/mol. The third-order valence-electron chi connectivity index (χ3n) is 13.9. The highest BCUT2D eigenvalue weighted by molar-refractivity contribution is 5.90. The van der Waals surface area contributed by atoms with Crippen molar-refractivity contribution in [2.75, 3.05) is 52.4 Å². The summed E-state index contributed by atoms with van der Waals surface area (Å²) in [5, 5.41) is 44.5. The normalized spacial score (nSPS) is 18.8. The zero-order chi connectivity index (χ0) is 46.9. The third-order valence-corrected chi connectivity index (χ3v) is 13.9. The fourth-order valence-electron chi connectivity index (χ4n) is 10.1. The standard InChI is InChI=1S/C49H53N9O9/c1-5-32-34-21-31(11-12-39(34)50-43-36(32)26-57-40(43)23-38-37(45(57)61)27-66-46(62)49(38,65)6-2)67-48(64)54-15-19-56(20-16-54)55-17-13-53(14-18-55)25-29-7-9-30(10-8-29)58-44(51-52-47(58)63)35-22-33(28(3)4)41(59)24-42(35)60/h7-12,21-24,28,59-60,65H,5-6,13-20,25-27H2,1-4H3,(H,52,63). The Morgan fingerprint density at radius 1 is 0.881 bits per heavy atom. The Morgan fingerprint density at radius 3 is 2.28 bits per heavy atom. The number of aromatic amines is 1. The molecule has 1 unspecified atom stereocenters. The number of hydrogen-bond acceptors (Lipinski definition) is 14. The maximum absolute atomic E-state index is 13.7. The fourth-order valence-corrected chi connectivity index (χ4v) is 10.1. The predicted octanol–water partition coefficient (Wildman–Crippen LogP) is 4.57. The number of ether oxygens (including phenoxy) is 2. The summed E-state index contributed by atoms with van der Waals surface area (Å²) in [6.45, 7) is 14.2. The molecule has 348 valence electrons. The molecule has 3 aromatic heterocycles. The number of aliphatic hydroxyl groups is 1. The molecule has 0 bridgehead atoms. The number of carbonyl (C=O) groups is 2. The highest BCUT2D eigenvalue weighted by Crippen LogP contribution is 2.41. The van der Waals surface area contributed by atoms with Crippen LogP contribution in [0.15, 0.2) is 70.3 Å². The van der Waals surface area contributed by atoms with E-state index in [2.05, 4.69) is 25.1 Å². The van der Waals surface area contributed by atoms with Gasteiger partial charge in [-0.05, 0) is 77.9 Å². The molecule has 1 atom stereocenters. The van der Waals surface area contributed by atoms with Crippen molar-refractivity contribution in [2.45, 2.75) is 71.8 Å². The number of H-pyrrole nitrogens is 1. The Bertz CT molecular complexity index is 3070. The Hall–Kier alpha value is -6.86. The van der Waals surface area contributed by atoms with Crippen LogP contribution in [0.3, 0.4) is 0 Å². The predicted molar refractivity (Wildman–Crippen MR) is 247 cm³/mol. The number of fused-ring (bicyclic) bond motifs is 5. The van der Waals surface area contributed by atoms with E-state index in [0.29, 0.717) is 72.1 Å². The molecule has 18 nitrogen and oxygen atoms in total. The third kappa shape index (κ3) is 7.62. The molecule has 6 aromatic rings. The van der Waals surface area contributed by atoms with E-state index in [1.165, 1.54) is 10.6 Å². The van der Waals surface area contributed by atoms with Crippen LogP contribution in [0.2, 0.25) is 0 Å². The van der Waals surface area contributed by atoms with Crippen LogP contribution < -0.4 is 16.0 Å². The van der Waals surface area contributed by atoms with Crippen LogP contribution in [0.25, 0.3) is 39.4 Å². The van der Waals surface area contributed by atoms with Gasteiger partial charge in [0.1, 0.15) is 23.9 Å². The van der Waals surface area contributed by atoms with E-state index in [1.807, 2.05) is 57.2 Å².